The fourth-order valence-electron chi connectivity index (χ4n) is 4.49. The Hall–Kier alpha value is -2.68. The first-order valence-corrected chi connectivity index (χ1v) is 13.2. The van der Waals surface area contributed by atoms with Crippen molar-refractivity contribution < 1.29 is 22.3 Å². The molecule has 0 amide bonds. The zero-order chi connectivity index (χ0) is 23.8. The highest BCUT2D eigenvalue weighted by Crippen LogP contribution is 2.46. The van der Waals surface area contributed by atoms with Crippen molar-refractivity contribution in [2.24, 2.45) is 0 Å². The van der Waals surface area contributed by atoms with E-state index in [0.29, 0.717) is 6.54 Å². The lowest BCUT2D eigenvalue weighted by molar-refractivity contribution is -0.668. The molecule has 2 aromatic carbocycles. The van der Waals surface area contributed by atoms with Gasteiger partial charge in [0.15, 0.2) is 6.54 Å². The predicted octanol–water partition coefficient (Wildman–Crippen LogP) is 4.46. The van der Waals surface area contributed by atoms with Crippen LogP contribution in [0, 0.1) is 0 Å². The van der Waals surface area contributed by atoms with Gasteiger partial charge in [0.25, 0.3) is 5.01 Å². The minimum Gasteiger partial charge on any atom is -0.748 e. The summed E-state index contributed by atoms with van der Waals surface area (Å²) in [5, 5.41) is 0.981. The second-order valence-electron chi connectivity index (χ2n) is 8.65. The Morgan fingerprint density at radius 1 is 1.21 bits per heavy atom. The molecule has 0 unspecified atom stereocenters. The van der Waals surface area contributed by atoms with Gasteiger partial charge in [0.05, 0.1) is 23.3 Å². The lowest BCUT2D eigenvalue weighted by Crippen LogP contribution is -2.36. The van der Waals surface area contributed by atoms with E-state index in [4.69, 9.17) is 4.74 Å². The van der Waals surface area contributed by atoms with Crippen LogP contribution in [0.2, 0.25) is 0 Å². The van der Waals surface area contributed by atoms with E-state index < -0.39 is 10.1 Å². The number of likely N-dealkylation sites (N-methyl/N-ethyl adjacent to an activating group) is 1. The Morgan fingerprint density at radius 2 is 1.97 bits per heavy atom. The number of aromatic nitrogens is 1. The monoisotopic (exact) mass is 484 g/mol. The number of hydrogen-bond acceptors (Lipinski definition) is 6. The summed E-state index contributed by atoms with van der Waals surface area (Å²) >= 11 is 1.62. The van der Waals surface area contributed by atoms with Crippen LogP contribution >= 0.6 is 11.3 Å². The summed E-state index contributed by atoms with van der Waals surface area (Å²) in [6.45, 7) is 4.89. The average Bonchev–Trinajstić information content (AvgIpc) is 3.20. The Morgan fingerprint density at radius 3 is 2.67 bits per heavy atom. The highest BCUT2D eigenvalue weighted by molar-refractivity contribution is 7.85. The molecule has 0 saturated heterocycles. The van der Waals surface area contributed by atoms with E-state index in [1.807, 2.05) is 30.4 Å². The minimum atomic E-state index is -4.25. The van der Waals surface area contributed by atoms with Crippen LogP contribution in [0.25, 0.3) is 16.3 Å². The molecule has 0 spiro atoms. The van der Waals surface area contributed by atoms with Crippen molar-refractivity contribution in [3.63, 3.8) is 0 Å². The largest absolute Gasteiger partial charge is 0.748 e. The van der Waals surface area contributed by atoms with Crippen molar-refractivity contribution in [3.8, 4) is 5.75 Å². The van der Waals surface area contributed by atoms with Crippen LogP contribution in [0.1, 0.15) is 30.8 Å². The van der Waals surface area contributed by atoms with Crippen LogP contribution in [0.15, 0.2) is 60.3 Å². The van der Waals surface area contributed by atoms with E-state index in [1.165, 1.54) is 16.9 Å². The van der Waals surface area contributed by atoms with Crippen molar-refractivity contribution in [2.45, 2.75) is 32.2 Å². The first-order chi connectivity index (χ1) is 15.6. The van der Waals surface area contributed by atoms with Crippen LogP contribution in [0.5, 0.6) is 5.75 Å². The third kappa shape index (κ3) is 4.69. The van der Waals surface area contributed by atoms with E-state index in [1.54, 1.807) is 18.4 Å². The summed E-state index contributed by atoms with van der Waals surface area (Å²) in [7, 11) is -0.544. The standard InChI is InChI=1S/C25H28N2O4S2/c1-25(2)19-9-5-6-10-20(19)26(3)23(25)11-7-12-24-27(15-8-16-33(28,29)30)21-17-18(31-4)13-14-22(21)32-24/h5-7,9-14,17H,8,15-16H2,1-4H3. The van der Waals surface area contributed by atoms with E-state index >= 15 is 0 Å². The molecule has 0 N–H and O–H groups in total. The van der Waals surface area contributed by atoms with Crippen molar-refractivity contribution in [1.82, 2.24) is 0 Å². The molecule has 1 aromatic heterocycles. The van der Waals surface area contributed by atoms with Gasteiger partial charge >= 0.3 is 0 Å². The molecule has 0 bridgehead atoms. The van der Waals surface area contributed by atoms with E-state index in [9.17, 15) is 13.0 Å². The van der Waals surface area contributed by atoms with Gasteiger partial charge in [0.1, 0.15) is 10.4 Å². The van der Waals surface area contributed by atoms with Crippen molar-refractivity contribution in [1.29, 1.82) is 0 Å². The fraction of sp³-hybridized carbons (Fsp3) is 0.320. The topological polar surface area (TPSA) is 73.5 Å². The van der Waals surface area contributed by atoms with Crippen LogP contribution in [-0.2, 0) is 22.1 Å². The molecule has 0 fully saturated rings. The molecule has 8 heteroatoms. The maximum absolute atomic E-state index is 11.1. The summed E-state index contributed by atoms with van der Waals surface area (Å²) < 4.78 is 41.8. The second kappa shape index (κ2) is 8.93. The number of methoxy groups -OCH3 is 1. The van der Waals surface area contributed by atoms with Crippen molar-refractivity contribution >= 4 is 43.4 Å². The molecule has 3 aromatic rings. The van der Waals surface area contributed by atoms with Gasteiger partial charge in [0.2, 0.25) is 5.52 Å². The SMILES string of the molecule is COc1ccc2sc(C=CC=C3N(C)c4ccccc4C3(C)C)[n+](CCCS(=O)(=O)[O-])c2c1. The summed E-state index contributed by atoms with van der Waals surface area (Å²) in [6.07, 6.45) is 6.48. The average molecular weight is 485 g/mol. The first-order valence-electron chi connectivity index (χ1n) is 10.8. The maximum Gasteiger partial charge on any atom is 0.262 e. The lowest BCUT2D eigenvalue weighted by Gasteiger charge is -2.23. The summed E-state index contributed by atoms with van der Waals surface area (Å²) in [5.74, 6) is 0.349. The zero-order valence-corrected chi connectivity index (χ0v) is 20.9. The number of thiazole rings is 1. The molecular weight excluding hydrogens is 456 g/mol. The second-order valence-corrected chi connectivity index (χ2v) is 11.2. The molecule has 2 heterocycles. The van der Waals surface area contributed by atoms with Gasteiger partial charge in [-0.3, -0.25) is 0 Å². The number of para-hydroxylation sites is 1. The molecule has 6 nitrogen and oxygen atoms in total. The van der Waals surface area contributed by atoms with E-state index in [-0.39, 0.29) is 17.6 Å². The Labute approximate surface area is 199 Å². The van der Waals surface area contributed by atoms with Gasteiger partial charge in [-0.2, -0.15) is 4.57 Å². The van der Waals surface area contributed by atoms with E-state index in [0.717, 1.165) is 21.0 Å². The number of rotatable bonds is 7. The quantitative estimate of drug-likeness (QED) is 0.366. The number of anilines is 1. The van der Waals surface area contributed by atoms with Gasteiger partial charge in [0, 0.05) is 42.1 Å². The van der Waals surface area contributed by atoms with Crippen molar-refractivity contribution in [3.05, 3.63) is 70.9 Å². The molecule has 0 radical (unpaired) electrons. The number of fused-ring (bicyclic) bond motifs is 2. The summed E-state index contributed by atoms with van der Waals surface area (Å²) in [6, 6.07) is 14.3. The van der Waals surface area contributed by atoms with Crippen LogP contribution in [0.4, 0.5) is 5.69 Å². The Kier molecular flexibility index (Phi) is 6.35. The smallest absolute Gasteiger partial charge is 0.262 e. The van der Waals surface area contributed by atoms with Crippen LogP contribution < -0.4 is 14.2 Å². The molecule has 4 rings (SSSR count). The minimum absolute atomic E-state index is 0.109. The number of benzene rings is 2. The molecule has 1 aliphatic rings. The normalized spacial score (nSPS) is 16.8. The molecular formula is C25H28N2O4S2. The molecule has 0 atom stereocenters. The summed E-state index contributed by atoms with van der Waals surface area (Å²) in [4.78, 5) is 2.22. The third-order valence-corrected chi connectivity index (χ3v) is 8.07. The van der Waals surface area contributed by atoms with Crippen molar-refractivity contribution in [2.75, 3.05) is 24.8 Å². The van der Waals surface area contributed by atoms with Gasteiger partial charge in [-0.15, -0.1) is 0 Å². The van der Waals surface area contributed by atoms with Gasteiger partial charge in [-0.1, -0.05) is 49.5 Å². The number of nitrogens with zero attached hydrogens (tertiary/aromatic N) is 2. The molecule has 1 aliphatic heterocycles. The fourth-order valence-corrected chi connectivity index (χ4v) is 6.05. The van der Waals surface area contributed by atoms with E-state index in [2.05, 4.69) is 60.7 Å². The van der Waals surface area contributed by atoms with Crippen LogP contribution in [-0.4, -0.2) is 32.9 Å². The highest BCUT2D eigenvalue weighted by atomic mass is 32.2. The molecule has 174 valence electrons. The first kappa shape index (κ1) is 23.5. The number of allylic oxidation sites excluding steroid dienone is 3. The number of hydrogen-bond donors (Lipinski definition) is 0. The number of ether oxygens (including phenoxy) is 1. The third-order valence-electron chi connectivity index (χ3n) is 6.15. The van der Waals surface area contributed by atoms with Gasteiger partial charge in [-0.25, -0.2) is 8.42 Å². The van der Waals surface area contributed by atoms with Gasteiger partial charge in [-0.05, 0) is 29.8 Å². The zero-order valence-electron chi connectivity index (χ0n) is 19.2. The lowest BCUT2D eigenvalue weighted by atomic mass is 9.84. The molecule has 0 aliphatic carbocycles. The maximum atomic E-state index is 11.1. The van der Waals surface area contributed by atoms with Gasteiger partial charge < -0.3 is 14.2 Å². The summed E-state index contributed by atoms with van der Waals surface area (Å²) in [5.41, 5.74) is 4.56. The Balaban J connectivity index is 1.68. The highest BCUT2D eigenvalue weighted by Gasteiger charge is 2.37. The number of aryl methyl sites for hydroxylation is 1. The molecule has 0 saturated carbocycles. The predicted molar refractivity (Wildman–Crippen MR) is 133 cm³/mol. The molecule has 33 heavy (non-hydrogen) atoms. The van der Waals surface area contributed by atoms with Crippen LogP contribution in [0.3, 0.4) is 0 Å². The Bertz CT molecular complexity index is 1350.